The van der Waals surface area contributed by atoms with Crippen LogP contribution in [0.25, 0.3) is 6.08 Å². The topological polar surface area (TPSA) is 63.7 Å². The fourth-order valence-electron chi connectivity index (χ4n) is 7.02. The van der Waals surface area contributed by atoms with Crippen LogP contribution < -0.4 is 9.64 Å². The molecule has 41 heavy (non-hydrogen) atoms. The van der Waals surface area contributed by atoms with Crippen molar-refractivity contribution in [3.8, 4) is 5.75 Å². The monoisotopic (exact) mass is 559 g/mol. The van der Waals surface area contributed by atoms with E-state index in [0.717, 1.165) is 22.4 Å². The molecule has 0 bridgehead atoms. The van der Waals surface area contributed by atoms with Crippen molar-refractivity contribution in [2.45, 2.75) is 24.9 Å². The second-order valence-corrected chi connectivity index (χ2v) is 11.3. The van der Waals surface area contributed by atoms with Crippen LogP contribution in [0.5, 0.6) is 5.75 Å². The van der Waals surface area contributed by atoms with Crippen LogP contribution in [0.2, 0.25) is 5.02 Å². The molecule has 0 radical (unpaired) electrons. The normalized spacial score (nSPS) is 21.5. The molecule has 4 aromatic rings. The summed E-state index contributed by atoms with van der Waals surface area (Å²) >= 11 is 6.37. The highest BCUT2D eigenvalue weighted by atomic mass is 35.5. The number of carbonyl (C=O) groups is 3. The van der Waals surface area contributed by atoms with Crippen LogP contribution >= 0.6 is 11.6 Å². The van der Waals surface area contributed by atoms with E-state index in [0.29, 0.717) is 27.5 Å². The van der Waals surface area contributed by atoms with Crippen LogP contribution in [-0.4, -0.2) is 36.5 Å². The maximum Gasteiger partial charge on any atom is 0.185 e. The van der Waals surface area contributed by atoms with Gasteiger partial charge in [-0.2, -0.15) is 0 Å². The molecule has 0 N–H and O–H groups in total. The van der Waals surface area contributed by atoms with Gasteiger partial charge in [0.05, 0.1) is 13.2 Å². The SMILES string of the molecule is COc1ccc([C@@H]2[C@@H](C(=O)c3ccc(C)cc3)N3c4ccc(Cl)cc4C=C[C@H]3C23C(=O)c2ccccc2C3=O)cc1. The minimum atomic E-state index is -1.54. The predicted octanol–water partition coefficient (Wildman–Crippen LogP) is 6.97. The molecular formula is C35H26ClNO4. The van der Waals surface area contributed by atoms with Crippen molar-refractivity contribution in [2.75, 3.05) is 12.0 Å². The van der Waals surface area contributed by atoms with Crippen molar-refractivity contribution in [2.24, 2.45) is 5.41 Å². The van der Waals surface area contributed by atoms with Crippen LogP contribution in [-0.2, 0) is 0 Å². The highest BCUT2D eigenvalue weighted by Gasteiger charge is 2.71. The van der Waals surface area contributed by atoms with Crippen molar-refractivity contribution in [1.29, 1.82) is 0 Å². The Labute approximate surface area is 243 Å². The van der Waals surface area contributed by atoms with Crippen molar-refractivity contribution in [3.63, 3.8) is 0 Å². The number of Topliss-reactive ketones (excluding diaryl/α,β-unsaturated/α-hetero) is 3. The van der Waals surface area contributed by atoms with E-state index < -0.39 is 23.4 Å². The first-order chi connectivity index (χ1) is 19.9. The van der Waals surface area contributed by atoms with Crippen LogP contribution in [0.3, 0.4) is 0 Å². The van der Waals surface area contributed by atoms with Gasteiger partial charge in [-0.05, 0) is 48.4 Å². The van der Waals surface area contributed by atoms with E-state index in [1.165, 1.54) is 0 Å². The number of ether oxygens (including phenoxy) is 1. The molecule has 2 aliphatic heterocycles. The minimum Gasteiger partial charge on any atom is -0.497 e. The van der Waals surface area contributed by atoms with Gasteiger partial charge in [0, 0.05) is 33.3 Å². The molecular weight excluding hydrogens is 534 g/mol. The molecule has 0 aromatic heterocycles. The Hall–Kier alpha value is -4.48. The van der Waals surface area contributed by atoms with Crippen molar-refractivity contribution >= 4 is 40.7 Å². The Bertz CT molecular complexity index is 1740. The van der Waals surface area contributed by atoms with Gasteiger partial charge in [0.15, 0.2) is 17.3 Å². The molecule has 4 aromatic carbocycles. The molecule has 1 fully saturated rings. The first kappa shape index (κ1) is 25.5. The summed E-state index contributed by atoms with van der Waals surface area (Å²) in [5.74, 6) is -0.788. The Morgan fingerprint density at radius 2 is 1.54 bits per heavy atom. The lowest BCUT2D eigenvalue weighted by atomic mass is 9.64. The van der Waals surface area contributed by atoms with Gasteiger partial charge in [0.2, 0.25) is 0 Å². The largest absolute Gasteiger partial charge is 0.497 e. The van der Waals surface area contributed by atoms with Gasteiger partial charge in [-0.25, -0.2) is 0 Å². The third kappa shape index (κ3) is 3.52. The number of benzene rings is 4. The molecule has 1 aliphatic carbocycles. The number of nitrogens with zero attached hydrogens (tertiary/aromatic N) is 1. The van der Waals surface area contributed by atoms with Crippen molar-refractivity contribution < 1.29 is 19.1 Å². The summed E-state index contributed by atoms with van der Waals surface area (Å²) in [5.41, 5.74) is 3.13. The summed E-state index contributed by atoms with van der Waals surface area (Å²) in [5, 5.41) is 0.564. The Morgan fingerprint density at radius 3 is 2.17 bits per heavy atom. The molecule has 7 rings (SSSR count). The van der Waals surface area contributed by atoms with Gasteiger partial charge in [0.25, 0.3) is 0 Å². The standard InChI is InChI=1S/C35H26ClNO4/c1-20-7-9-22(10-8-20)32(38)31-30(21-11-15-25(41-2)16-12-21)35(33(39)26-5-3-4-6-27(26)34(35)40)29-18-13-23-19-24(36)14-17-28(23)37(29)31/h3-19,29-31H,1-2H3/t29-,30+,31-/m0/s1. The number of fused-ring (bicyclic) bond motifs is 5. The molecule has 2 heterocycles. The number of hydrogen-bond acceptors (Lipinski definition) is 5. The quantitative estimate of drug-likeness (QED) is 0.199. The molecule has 0 amide bonds. The van der Waals surface area contributed by atoms with Gasteiger partial charge in [0.1, 0.15) is 17.2 Å². The lowest BCUT2D eigenvalue weighted by Gasteiger charge is -2.37. The zero-order valence-electron chi connectivity index (χ0n) is 22.5. The molecule has 5 nitrogen and oxygen atoms in total. The molecule has 0 unspecified atom stereocenters. The highest BCUT2D eigenvalue weighted by molar-refractivity contribution is 6.32. The maximum atomic E-state index is 14.7. The zero-order chi connectivity index (χ0) is 28.5. The third-order valence-electron chi connectivity index (χ3n) is 8.85. The van der Waals surface area contributed by atoms with Crippen LogP contribution in [0.4, 0.5) is 5.69 Å². The van der Waals surface area contributed by atoms with Gasteiger partial charge >= 0.3 is 0 Å². The summed E-state index contributed by atoms with van der Waals surface area (Å²) in [4.78, 5) is 46.0. The number of rotatable bonds is 4. The van der Waals surface area contributed by atoms with E-state index in [1.54, 1.807) is 37.4 Å². The molecule has 202 valence electrons. The van der Waals surface area contributed by atoms with E-state index in [-0.39, 0.29) is 17.3 Å². The molecule has 3 atom stereocenters. The summed E-state index contributed by atoms with van der Waals surface area (Å²) in [6.45, 7) is 1.97. The van der Waals surface area contributed by atoms with E-state index >= 15 is 0 Å². The molecule has 0 saturated carbocycles. The lowest BCUT2D eigenvalue weighted by Crippen LogP contribution is -2.48. The fourth-order valence-corrected chi connectivity index (χ4v) is 7.20. The molecule has 3 aliphatic rings. The number of anilines is 1. The van der Waals surface area contributed by atoms with Crippen molar-refractivity contribution in [3.05, 3.63) is 135 Å². The summed E-state index contributed by atoms with van der Waals surface area (Å²) in [7, 11) is 1.59. The second kappa shape index (κ2) is 9.28. The Morgan fingerprint density at radius 1 is 0.878 bits per heavy atom. The number of ketones is 3. The van der Waals surface area contributed by atoms with Crippen LogP contribution in [0, 0.1) is 12.3 Å². The van der Waals surface area contributed by atoms with E-state index in [4.69, 9.17) is 16.3 Å². The average molecular weight is 560 g/mol. The van der Waals surface area contributed by atoms with Crippen LogP contribution in [0.15, 0.2) is 97.1 Å². The number of hydrogen-bond donors (Lipinski definition) is 0. The zero-order valence-corrected chi connectivity index (χ0v) is 23.3. The Kier molecular flexibility index (Phi) is 5.77. The van der Waals surface area contributed by atoms with E-state index in [2.05, 4.69) is 0 Å². The van der Waals surface area contributed by atoms with E-state index in [9.17, 15) is 14.4 Å². The minimum absolute atomic E-state index is 0.152. The third-order valence-corrected chi connectivity index (χ3v) is 9.08. The fraction of sp³-hybridized carbons (Fsp3) is 0.171. The van der Waals surface area contributed by atoms with Gasteiger partial charge in [-0.3, -0.25) is 14.4 Å². The molecule has 6 heteroatoms. The summed E-state index contributed by atoms with van der Waals surface area (Å²) in [6, 6.07) is 25.8. The van der Waals surface area contributed by atoms with Gasteiger partial charge in [-0.1, -0.05) is 90.0 Å². The smallest absolute Gasteiger partial charge is 0.185 e. The predicted molar refractivity (Wildman–Crippen MR) is 159 cm³/mol. The summed E-state index contributed by atoms with van der Waals surface area (Å²) in [6.07, 6.45) is 3.82. The second-order valence-electron chi connectivity index (χ2n) is 10.9. The number of methoxy groups -OCH3 is 1. The number of carbonyl (C=O) groups excluding carboxylic acids is 3. The maximum absolute atomic E-state index is 14.7. The Balaban J connectivity index is 1.54. The highest BCUT2D eigenvalue weighted by Crippen LogP contribution is 2.61. The molecule has 1 spiro atoms. The number of aryl methyl sites for hydroxylation is 1. The first-order valence-electron chi connectivity index (χ1n) is 13.6. The average Bonchev–Trinajstić information content (AvgIpc) is 3.43. The van der Waals surface area contributed by atoms with Gasteiger partial charge < -0.3 is 9.64 Å². The summed E-state index contributed by atoms with van der Waals surface area (Å²) < 4.78 is 5.41. The lowest BCUT2D eigenvalue weighted by molar-refractivity contribution is 0.0666. The van der Waals surface area contributed by atoms with Crippen molar-refractivity contribution in [1.82, 2.24) is 0 Å². The van der Waals surface area contributed by atoms with E-state index in [1.807, 2.05) is 84.6 Å². The first-order valence-corrected chi connectivity index (χ1v) is 13.9. The van der Waals surface area contributed by atoms with Crippen LogP contribution in [0.1, 0.15) is 53.7 Å². The van der Waals surface area contributed by atoms with Gasteiger partial charge in [-0.15, -0.1) is 0 Å². The molecule has 1 saturated heterocycles. The number of halogens is 1.